The molecule has 1 aromatic heterocycles. The first-order valence-electron chi connectivity index (χ1n) is 5.18. The first kappa shape index (κ1) is 10.1. The number of rotatable bonds is 1. The van der Waals surface area contributed by atoms with Crippen molar-refractivity contribution < 1.29 is 5.11 Å². The van der Waals surface area contributed by atoms with E-state index in [0.717, 1.165) is 20.8 Å². The molecule has 0 spiro atoms. The lowest BCUT2D eigenvalue weighted by atomic mass is 10.2. The molecule has 17 heavy (non-hydrogen) atoms. The van der Waals surface area contributed by atoms with Gasteiger partial charge in [0, 0.05) is 11.3 Å². The number of nitrogens with zero attached hydrogens (tertiary/aromatic N) is 1. The fourth-order valence-corrected chi connectivity index (χ4v) is 2.72. The summed E-state index contributed by atoms with van der Waals surface area (Å²) in [5.74, 6) is 0.202. The van der Waals surface area contributed by atoms with E-state index in [1.807, 2.05) is 24.3 Å². The number of benzene rings is 2. The maximum absolute atomic E-state index is 9.49. The molecule has 0 radical (unpaired) electrons. The van der Waals surface area contributed by atoms with Gasteiger partial charge in [0.05, 0.1) is 10.2 Å². The zero-order valence-electron chi connectivity index (χ0n) is 8.92. The summed E-state index contributed by atoms with van der Waals surface area (Å²) in [6.07, 6.45) is 0. The van der Waals surface area contributed by atoms with Crippen LogP contribution in [0.3, 0.4) is 0 Å². The number of phenols is 1. The van der Waals surface area contributed by atoms with Gasteiger partial charge < -0.3 is 10.8 Å². The minimum Gasteiger partial charge on any atom is -0.508 e. The zero-order chi connectivity index (χ0) is 11.8. The van der Waals surface area contributed by atoms with E-state index < -0.39 is 0 Å². The molecule has 0 amide bonds. The first-order valence-corrected chi connectivity index (χ1v) is 6.00. The highest BCUT2D eigenvalue weighted by Gasteiger charge is 2.09. The van der Waals surface area contributed by atoms with Gasteiger partial charge in [-0.1, -0.05) is 12.1 Å². The minimum atomic E-state index is 0.202. The van der Waals surface area contributed by atoms with Crippen molar-refractivity contribution in [3.63, 3.8) is 0 Å². The molecule has 0 saturated heterocycles. The van der Waals surface area contributed by atoms with Crippen molar-refractivity contribution >= 4 is 27.2 Å². The number of nitrogen functional groups attached to an aromatic ring is 1. The Morgan fingerprint density at radius 3 is 2.76 bits per heavy atom. The van der Waals surface area contributed by atoms with Crippen LogP contribution in [-0.4, -0.2) is 10.1 Å². The summed E-state index contributed by atoms with van der Waals surface area (Å²) < 4.78 is 1.12. The van der Waals surface area contributed by atoms with Crippen LogP contribution in [0.15, 0.2) is 42.5 Å². The second kappa shape index (κ2) is 3.75. The van der Waals surface area contributed by atoms with Gasteiger partial charge in [-0.05, 0) is 30.3 Å². The second-order valence-corrected chi connectivity index (χ2v) is 4.79. The molecule has 2 aromatic carbocycles. The Kier molecular flexibility index (Phi) is 2.23. The Morgan fingerprint density at radius 1 is 1.12 bits per heavy atom. The number of nitrogens with two attached hydrogens (primary N) is 1. The number of aromatic nitrogens is 1. The fourth-order valence-electron chi connectivity index (χ4n) is 1.72. The van der Waals surface area contributed by atoms with E-state index in [1.54, 1.807) is 29.5 Å². The lowest BCUT2D eigenvalue weighted by molar-refractivity contribution is 0.475. The molecule has 3 nitrogen and oxygen atoms in total. The highest BCUT2D eigenvalue weighted by molar-refractivity contribution is 7.21. The average Bonchev–Trinajstić information content (AvgIpc) is 2.75. The highest BCUT2D eigenvalue weighted by Crippen LogP contribution is 2.34. The number of phenolic OH excluding ortho intramolecular Hbond substituents is 1. The van der Waals surface area contributed by atoms with Crippen LogP contribution in [0.5, 0.6) is 5.75 Å². The van der Waals surface area contributed by atoms with Crippen LogP contribution in [0.2, 0.25) is 0 Å². The molecule has 3 aromatic rings. The molecule has 1 heterocycles. The van der Waals surface area contributed by atoms with Crippen molar-refractivity contribution in [2.75, 3.05) is 5.73 Å². The van der Waals surface area contributed by atoms with Crippen LogP contribution in [0.4, 0.5) is 5.69 Å². The molecule has 0 saturated carbocycles. The summed E-state index contributed by atoms with van der Waals surface area (Å²) in [6.45, 7) is 0. The zero-order valence-corrected chi connectivity index (χ0v) is 9.74. The summed E-state index contributed by atoms with van der Waals surface area (Å²) >= 11 is 1.57. The molecule has 0 atom stereocenters. The molecule has 0 aliphatic rings. The minimum absolute atomic E-state index is 0.202. The lowest BCUT2D eigenvalue weighted by Gasteiger charge is -2.01. The average molecular weight is 242 g/mol. The summed E-state index contributed by atoms with van der Waals surface area (Å²) in [7, 11) is 0. The molecule has 0 aliphatic heterocycles. The summed E-state index contributed by atoms with van der Waals surface area (Å²) in [5, 5.41) is 10.3. The number of hydrogen-bond donors (Lipinski definition) is 2. The van der Waals surface area contributed by atoms with Crippen molar-refractivity contribution in [1.82, 2.24) is 4.98 Å². The third-order valence-electron chi connectivity index (χ3n) is 2.56. The molecule has 84 valence electrons. The number of thiazole rings is 1. The highest BCUT2D eigenvalue weighted by atomic mass is 32.1. The van der Waals surface area contributed by atoms with Gasteiger partial charge in [-0.3, -0.25) is 0 Å². The van der Waals surface area contributed by atoms with Crippen molar-refractivity contribution in [1.29, 1.82) is 0 Å². The summed E-state index contributed by atoms with van der Waals surface area (Å²) in [5.41, 5.74) is 8.26. The van der Waals surface area contributed by atoms with E-state index in [-0.39, 0.29) is 5.75 Å². The Balaban J connectivity index is 2.23. The standard InChI is InChI=1S/C13H10N2OS/c14-10-6-5-8(16)7-9(10)13-15-11-3-1-2-4-12(11)17-13/h1-7,16H,14H2. The van der Waals surface area contributed by atoms with Crippen LogP contribution in [0.25, 0.3) is 20.8 Å². The van der Waals surface area contributed by atoms with Crippen LogP contribution in [0, 0.1) is 0 Å². The van der Waals surface area contributed by atoms with E-state index in [9.17, 15) is 5.11 Å². The van der Waals surface area contributed by atoms with Gasteiger partial charge in [0.25, 0.3) is 0 Å². The summed E-state index contributed by atoms with van der Waals surface area (Å²) in [6, 6.07) is 12.8. The van der Waals surface area contributed by atoms with Gasteiger partial charge in [0.15, 0.2) is 0 Å². The molecule has 0 aliphatic carbocycles. The van der Waals surface area contributed by atoms with Gasteiger partial charge >= 0.3 is 0 Å². The molecular weight excluding hydrogens is 232 g/mol. The molecule has 0 unspecified atom stereocenters. The van der Waals surface area contributed by atoms with Crippen LogP contribution in [-0.2, 0) is 0 Å². The van der Waals surface area contributed by atoms with Gasteiger partial charge in [0.1, 0.15) is 10.8 Å². The Bertz CT molecular complexity index is 658. The van der Waals surface area contributed by atoms with E-state index in [1.165, 1.54) is 0 Å². The Morgan fingerprint density at radius 2 is 1.94 bits per heavy atom. The van der Waals surface area contributed by atoms with E-state index in [4.69, 9.17) is 5.73 Å². The maximum Gasteiger partial charge on any atom is 0.126 e. The number of anilines is 1. The Labute approximate surface area is 102 Å². The molecular formula is C13H10N2OS. The normalized spacial score (nSPS) is 10.8. The fraction of sp³-hybridized carbons (Fsp3) is 0. The second-order valence-electron chi connectivity index (χ2n) is 3.76. The van der Waals surface area contributed by atoms with Crippen molar-refractivity contribution in [2.45, 2.75) is 0 Å². The maximum atomic E-state index is 9.49. The number of para-hydroxylation sites is 1. The van der Waals surface area contributed by atoms with Gasteiger partial charge in [-0.2, -0.15) is 0 Å². The van der Waals surface area contributed by atoms with E-state index in [2.05, 4.69) is 4.98 Å². The van der Waals surface area contributed by atoms with Gasteiger partial charge in [-0.15, -0.1) is 11.3 Å². The Hall–Kier alpha value is -2.07. The lowest BCUT2D eigenvalue weighted by Crippen LogP contribution is -1.88. The number of hydrogen-bond acceptors (Lipinski definition) is 4. The van der Waals surface area contributed by atoms with Crippen molar-refractivity contribution in [3.8, 4) is 16.3 Å². The quantitative estimate of drug-likeness (QED) is 0.508. The van der Waals surface area contributed by atoms with Gasteiger partial charge in [0.2, 0.25) is 0 Å². The predicted octanol–water partition coefficient (Wildman–Crippen LogP) is 3.25. The predicted molar refractivity (Wildman–Crippen MR) is 71.1 cm³/mol. The van der Waals surface area contributed by atoms with E-state index >= 15 is 0 Å². The van der Waals surface area contributed by atoms with Crippen molar-refractivity contribution in [3.05, 3.63) is 42.5 Å². The molecule has 0 bridgehead atoms. The number of aromatic hydroxyl groups is 1. The van der Waals surface area contributed by atoms with Crippen LogP contribution < -0.4 is 5.73 Å². The van der Waals surface area contributed by atoms with E-state index in [0.29, 0.717) is 5.69 Å². The molecule has 0 fully saturated rings. The molecule has 4 heteroatoms. The third-order valence-corrected chi connectivity index (χ3v) is 3.63. The van der Waals surface area contributed by atoms with Crippen LogP contribution in [0.1, 0.15) is 0 Å². The van der Waals surface area contributed by atoms with Gasteiger partial charge in [-0.25, -0.2) is 4.98 Å². The largest absolute Gasteiger partial charge is 0.508 e. The topological polar surface area (TPSA) is 59.1 Å². The smallest absolute Gasteiger partial charge is 0.126 e. The molecule has 3 rings (SSSR count). The van der Waals surface area contributed by atoms with Crippen molar-refractivity contribution in [2.24, 2.45) is 0 Å². The SMILES string of the molecule is Nc1ccc(O)cc1-c1nc2ccccc2s1. The van der Waals surface area contributed by atoms with Crippen LogP contribution >= 0.6 is 11.3 Å². The summed E-state index contributed by atoms with van der Waals surface area (Å²) in [4.78, 5) is 4.51. The molecule has 3 N–H and O–H groups in total. The number of fused-ring (bicyclic) bond motifs is 1. The first-order chi connectivity index (χ1) is 8.24. The monoisotopic (exact) mass is 242 g/mol. The third kappa shape index (κ3) is 1.72.